The largest absolute Gasteiger partial charge is 0.494 e. The Morgan fingerprint density at radius 2 is 2.21 bits per heavy atom. The summed E-state index contributed by atoms with van der Waals surface area (Å²) in [5, 5.41) is 3.55. The Morgan fingerprint density at radius 3 is 2.84 bits per heavy atom. The van der Waals surface area contributed by atoms with E-state index >= 15 is 0 Å². The van der Waals surface area contributed by atoms with Crippen LogP contribution >= 0.6 is 0 Å². The lowest BCUT2D eigenvalue weighted by molar-refractivity contribution is 0.177. The van der Waals surface area contributed by atoms with E-state index in [4.69, 9.17) is 9.47 Å². The summed E-state index contributed by atoms with van der Waals surface area (Å²) in [5.41, 5.74) is 1.03. The van der Waals surface area contributed by atoms with Crippen LogP contribution in [-0.4, -0.2) is 26.4 Å². The highest BCUT2D eigenvalue weighted by molar-refractivity contribution is 5.32. The number of methoxy groups -OCH3 is 1. The molecule has 4 heteroatoms. The van der Waals surface area contributed by atoms with Gasteiger partial charge in [-0.1, -0.05) is 6.07 Å². The van der Waals surface area contributed by atoms with Crippen molar-refractivity contribution in [3.8, 4) is 5.75 Å². The average Bonchev–Trinajstić information content (AvgIpc) is 2.93. The van der Waals surface area contributed by atoms with E-state index < -0.39 is 0 Å². The van der Waals surface area contributed by atoms with Gasteiger partial charge in [0, 0.05) is 18.7 Å². The van der Waals surface area contributed by atoms with E-state index in [1.54, 1.807) is 12.1 Å². The van der Waals surface area contributed by atoms with Crippen LogP contribution in [0.25, 0.3) is 0 Å². The lowest BCUT2D eigenvalue weighted by Crippen LogP contribution is -2.35. The second-order valence-electron chi connectivity index (χ2n) is 5.19. The minimum absolute atomic E-state index is 0.157. The van der Waals surface area contributed by atoms with E-state index in [9.17, 15) is 4.39 Å². The molecular formula is C15H22FNO2. The number of hydrogen-bond acceptors (Lipinski definition) is 3. The summed E-state index contributed by atoms with van der Waals surface area (Å²) >= 11 is 0. The zero-order valence-electron chi connectivity index (χ0n) is 11.8. The monoisotopic (exact) mass is 267 g/mol. The fourth-order valence-corrected chi connectivity index (χ4v) is 2.52. The zero-order chi connectivity index (χ0) is 13.8. The van der Waals surface area contributed by atoms with Crippen LogP contribution in [0.2, 0.25) is 0 Å². The highest BCUT2D eigenvalue weighted by Gasteiger charge is 2.23. The van der Waals surface area contributed by atoms with Crippen molar-refractivity contribution in [2.75, 3.05) is 20.3 Å². The van der Waals surface area contributed by atoms with Crippen molar-refractivity contribution >= 4 is 0 Å². The van der Waals surface area contributed by atoms with E-state index in [1.807, 2.05) is 0 Å². The summed E-state index contributed by atoms with van der Waals surface area (Å²) in [6.07, 6.45) is 1.10. The molecule has 106 valence electrons. The van der Waals surface area contributed by atoms with Crippen LogP contribution in [0, 0.1) is 11.7 Å². The number of halogens is 1. The van der Waals surface area contributed by atoms with Gasteiger partial charge in [0.25, 0.3) is 0 Å². The van der Waals surface area contributed by atoms with Gasteiger partial charge in [-0.25, -0.2) is 4.39 Å². The van der Waals surface area contributed by atoms with Gasteiger partial charge < -0.3 is 14.8 Å². The molecule has 1 heterocycles. The summed E-state index contributed by atoms with van der Waals surface area (Å²) in [6, 6.07) is 5.55. The standard InChI is InChI=1S/C15H22FNO2/c1-10(17-11(2)13-6-7-19-9-13)12-4-5-14(16)15(8-12)18-3/h4-5,8,10-11,13,17H,6-7,9H2,1-3H3/t10-,11-,13-/m0/s1. The minimum Gasteiger partial charge on any atom is -0.494 e. The van der Waals surface area contributed by atoms with Gasteiger partial charge in [-0.3, -0.25) is 0 Å². The van der Waals surface area contributed by atoms with Crippen molar-refractivity contribution < 1.29 is 13.9 Å². The first-order valence-corrected chi connectivity index (χ1v) is 6.79. The quantitative estimate of drug-likeness (QED) is 0.889. The molecule has 19 heavy (non-hydrogen) atoms. The molecule has 0 spiro atoms. The van der Waals surface area contributed by atoms with Crippen LogP contribution in [0.3, 0.4) is 0 Å². The van der Waals surface area contributed by atoms with E-state index in [0.717, 1.165) is 25.2 Å². The molecule has 2 rings (SSSR count). The Balaban J connectivity index is 2.00. The van der Waals surface area contributed by atoms with Crippen molar-refractivity contribution in [3.05, 3.63) is 29.6 Å². The van der Waals surface area contributed by atoms with Crippen LogP contribution in [-0.2, 0) is 4.74 Å². The van der Waals surface area contributed by atoms with Crippen molar-refractivity contribution in [2.24, 2.45) is 5.92 Å². The van der Waals surface area contributed by atoms with E-state index in [2.05, 4.69) is 19.2 Å². The lowest BCUT2D eigenvalue weighted by atomic mass is 9.98. The third kappa shape index (κ3) is 3.45. The Labute approximate surface area is 114 Å². The van der Waals surface area contributed by atoms with Gasteiger partial charge in [-0.2, -0.15) is 0 Å². The van der Waals surface area contributed by atoms with Crippen LogP contribution < -0.4 is 10.1 Å². The Bertz CT molecular complexity index is 419. The molecule has 0 unspecified atom stereocenters. The molecule has 1 aliphatic heterocycles. The van der Waals surface area contributed by atoms with E-state index in [1.165, 1.54) is 13.2 Å². The molecule has 0 aliphatic carbocycles. The van der Waals surface area contributed by atoms with Crippen molar-refractivity contribution in [1.29, 1.82) is 0 Å². The SMILES string of the molecule is COc1cc([C@H](C)N[C@@H](C)[C@H]2CCOC2)ccc1F. The van der Waals surface area contributed by atoms with Gasteiger partial charge >= 0.3 is 0 Å². The summed E-state index contributed by atoms with van der Waals surface area (Å²) in [4.78, 5) is 0. The van der Waals surface area contributed by atoms with Gasteiger partial charge in [-0.05, 0) is 43.9 Å². The number of ether oxygens (including phenoxy) is 2. The van der Waals surface area contributed by atoms with Crippen molar-refractivity contribution in [1.82, 2.24) is 5.32 Å². The molecule has 1 aromatic rings. The molecule has 0 saturated carbocycles. The molecule has 1 aliphatic rings. The maximum Gasteiger partial charge on any atom is 0.165 e. The summed E-state index contributed by atoms with van der Waals surface area (Å²) < 4.78 is 23.8. The third-order valence-corrected chi connectivity index (χ3v) is 3.86. The van der Waals surface area contributed by atoms with Gasteiger partial charge in [0.2, 0.25) is 0 Å². The van der Waals surface area contributed by atoms with Crippen molar-refractivity contribution in [2.45, 2.75) is 32.4 Å². The lowest BCUT2D eigenvalue weighted by Gasteiger charge is -2.24. The second-order valence-corrected chi connectivity index (χ2v) is 5.19. The highest BCUT2D eigenvalue weighted by atomic mass is 19.1. The number of benzene rings is 1. The van der Waals surface area contributed by atoms with Gasteiger partial charge in [0.15, 0.2) is 11.6 Å². The molecule has 1 saturated heterocycles. The van der Waals surface area contributed by atoms with Crippen LogP contribution in [0.4, 0.5) is 4.39 Å². The first kappa shape index (κ1) is 14.3. The average molecular weight is 267 g/mol. The van der Waals surface area contributed by atoms with Crippen LogP contribution in [0.1, 0.15) is 31.9 Å². The van der Waals surface area contributed by atoms with Gasteiger partial charge in [-0.15, -0.1) is 0 Å². The number of rotatable bonds is 5. The minimum atomic E-state index is -0.323. The number of hydrogen-bond donors (Lipinski definition) is 1. The topological polar surface area (TPSA) is 30.5 Å². The molecular weight excluding hydrogens is 245 g/mol. The fourth-order valence-electron chi connectivity index (χ4n) is 2.52. The molecule has 3 atom stereocenters. The Morgan fingerprint density at radius 1 is 1.42 bits per heavy atom. The second kappa shape index (κ2) is 6.35. The van der Waals surface area contributed by atoms with E-state index in [0.29, 0.717) is 17.7 Å². The number of nitrogens with one attached hydrogen (secondary N) is 1. The predicted molar refractivity (Wildman–Crippen MR) is 72.9 cm³/mol. The zero-order valence-corrected chi connectivity index (χ0v) is 11.8. The maximum atomic E-state index is 13.4. The van der Waals surface area contributed by atoms with Gasteiger partial charge in [0.05, 0.1) is 13.7 Å². The molecule has 0 bridgehead atoms. The smallest absolute Gasteiger partial charge is 0.165 e. The van der Waals surface area contributed by atoms with Gasteiger partial charge in [0.1, 0.15) is 0 Å². The molecule has 3 nitrogen and oxygen atoms in total. The molecule has 0 aromatic heterocycles. The fraction of sp³-hybridized carbons (Fsp3) is 0.600. The highest BCUT2D eigenvalue weighted by Crippen LogP contribution is 2.24. The first-order chi connectivity index (χ1) is 9.11. The molecule has 1 N–H and O–H groups in total. The molecule has 0 radical (unpaired) electrons. The van der Waals surface area contributed by atoms with Crippen LogP contribution in [0.15, 0.2) is 18.2 Å². The first-order valence-electron chi connectivity index (χ1n) is 6.79. The predicted octanol–water partition coefficient (Wildman–Crippen LogP) is 2.91. The normalized spacial score (nSPS) is 22.2. The van der Waals surface area contributed by atoms with E-state index in [-0.39, 0.29) is 11.9 Å². The maximum absolute atomic E-state index is 13.4. The molecule has 1 aromatic carbocycles. The Kier molecular flexibility index (Phi) is 4.77. The third-order valence-electron chi connectivity index (χ3n) is 3.86. The Hall–Kier alpha value is -1.13. The summed E-state index contributed by atoms with van der Waals surface area (Å²) in [5.74, 6) is 0.531. The molecule has 1 fully saturated rings. The van der Waals surface area contributed by atoms with Crippen LogP contribution in [0.5, 0.6) is 5.75 Å². The summed E-state index contributed by atoms with van der Waals surface area (Å²) in [6.45, 7) is 5.94. The molecule has 0 amide bonds. The summed E-state index contributed by atoms with van der Waals surface area (Å²) in [7, 11) is 1.48. The van der Waals surface area contributed by atoms with Crippen molar-refractivity contribution in [3.63, 3.8) is 0 Å².